The number of amides is 2. The number of carbonyl (C=O) groups is 2. The second-order valence-electron chi connectivity index (χ2n) is 7.82. The van der Waals surface area contributed by atoms with Crippen LogP contribution in [0.5, 0.6) is 0 Å². The molecule has 0 radical (unpaired) electrons. The van der Waals surface area contributed by atoms with Crippen molar-refractivity contribution in [2.75, 3.05) is 39.3 Å². The lowest BCUT2D eigenvalue weighted by molar-refractivity contribution is -0.132. The fourth-order valence-electron chi connectivity index (χ4n) is 4.24. The highest BCUT2D eigenvalue weighted by Crippen LogP contribution is 2.20. The third kappa shape index (κ3) is 4.36. The van der Waals surface area contributed by atoms with E-state index in [0.29, 0.717) is 32.7 Å². The SMILES string of the molecule is O=C(c1ccc(F)c(F)c1)N1CCN(C2CCN(CCc3ccccc3)C2=O)CC1. The Morgan fingerprint density at radius 2 is 1.67 bits per heavy atom. The zero-order valence-corrected chi connectivity index (χ0v) is 16.8. The van der Waals surface area contributed by atoms with Gasteiger partial charge in [0.2, 0.25) is 5.91 Å². The Morgan fingerprint density at radius 1 is 0.933 bits per heavy atom. The van der Waals surface area contributed by atoms with E-state index < -0.39 is 11.6 Å². The highest BCUT2D eigenvalue weighted by atomic mass is 19.2. The number of halogens is 2. The van der Waals surface area contributed by atoms with Crippen LogP contribution in [-0.2, 0) is 11.2 Å². The van der Waals surface area contributed by atoms with Crippen LogP contribution < -0.4 is 0 Å². The molecule has 1 atom stereocenters. The molecule has 158 valence electrons. The first-order valence-electron chi connectivity index (χ1n) is 10.3. The Balaban J connectivity index is 1.29. The molecular formula is C23H25F2N3O2. The first kappa shape index (κ1) is 20.5. The number of hydrogen-bond donors (Lipinski definition) is 0. The smallest absolute Gasteiger partial charge is 0.254 e. The molecule has 2 fully saturated rings. The van der Waals surface area contributed by atoms with E-state index in [4.69, 9.17) is 0 Å². The summed E-state index contributed by atoms with van der Waals surface area (Å²) in [5, 5.41) is 0. The van der Waals surface area contributed by atoms with Crippen molar-refractivity contribution in [3.05, 3.63) is 71.3 Å². The summed E-state index contributed by atoms with van der Waals surface area (Å²) in [7, 11) is 0. The fourth-order valence-corrected chi connectivity index (χ4v) is 4.24. The topological polar surface area (TPSA) is 43.9 Å². The van der Waals surface area contributed by atoms with Crippen molar-refractivity contribution in [2.24, 2.45) is 0 Å². The summed E-state index contributed by atoms with van der Waals surface area (Å²) in [6, 6.07) is 13.2. The molecule has 0 spiro atoms. The second-order valence-corrected chi connectivity index (χ2v) is 7.82. The Hall–Kier alpha value is -2.80. The molecule has 2 heterocycles. The predicted octanol–water partition coefficient (Wildman–Crippen LogP) is 2.57. The first-order chi connectivity index (χ1) is 14.5. The summed E-state index contributed by atoms with van der Waals surface area (Å²) in [6.07, 6.45) is 1.64. The number of nitrogens with zero attached hydrogens (tertiary/aromatic N) is 3. The van der Waals surface area contributed by atoms with Crippen LogP contribution in [0.25, 0.3) is 0 Å². The van der Waals surface area contributed by atoms with Gasteiger partial charge in [-0.2, -0.15) is 0 Å². The molecule has 0 aromatic heterocycles. The van der Waals surface area contributed by atoms with Crippen molar-refractivity contribution >= 4 is 11.8 Å². The van der Waals surface area contributed by atoms with Gasteiger partial charge < -0.3 is 9.80 Å². The zero-order chi connectivity index (χ0) is 21.1. The minimum absolute atomic E-state index is 0.138. The highest BCUT2D eigenvalue weighted by molar-refractivity contribution is 5.94. The third-order valence-corrected chi connectivity index (χ3v) is 5.99. The summed E-state index contributed by atoms with van der Waals surface area (Å²) in [6.45, 7) is 3.59. The van der Waals surface area contributed by atoms with Gasteiger partial charge in [0.15, 0.2) is 11.6 Å². The molecule has 5 nitrogen and oxygen atoms in total. The van der Waals surface area contributed by atoms with E-state index >= 15 is 0 Å². The quantitative estimate of drug-likeness (QED) is 0.757. The minimum Gasteiger partial charge on any atom is -0.341 e. The Kier molecular flexibility index (Phi) is 6.08. The monoisotopic (exact) mass is 413 g/mol. The van der Waals surface area contributed by atoms with E-state index in [-0.39, 0.29) is 23.4 Å². The molecule has 2 aromatic rings. The van der Waals surface area contributed by atoms with Gasteiger partial charge in [0.05, 0.1) is 6.04 Å². The van der Waals surface area contributed by atoms with Crippen LogP contribution >= 0.6 is 0 Å². The zero-order valence-electron chi connectivity index (χ0n) is 16.8. The van der Waals surface area contributed by atoms with Crippen LogP contribution in [0.3, 0.4) is 0 Å². The van der Waals surface area contributed by atoms with Crippen molar-refractivity contribution in [2.45, 2.75) is 18.9 Å². The normalized spacial score (nSPS) is 20.1. The lowest BCUT2D eigenvalue weighted by Gasteiger charge is -2.37. The van der Waals surface area contributed by atoms with Crippen molar-refractivity contribution in [3.8, 4) is 0 Å². The van der Waals surface area contributed by atoms with Gasteiger partial charge in [-0.05, 0) is 36.6 Å². The van der Waals surface area contributed by atoms with Crippen molar-refractivity contribution in [1.82, 2.24) is 14.7 Å². The van der Waals surface area contributed by atoms with E-state index in [1.54, 1.807) is 4.90 Å². The average Bonchev–Trinajstić information content (AvgIpc) is 3.15. The van der Waals surface area contributed by atoms with Gasteiger partial charge >= 0.3 is 0 Å². The maximum absolute atomic E-state index is 13.4. The Labute approximate surface area is 174 Å². The molecule has 2 saturated heterocycles. The molecule has 30 heavy (non-hydrogen) atoms. The van der Waals surface area contributed by atoms with Gasteiger partial charge in [-0.15, -0.1) is 0 Å². The third-order valence-electron chi connectivity index (χ3n) is 5.99. The molecule has 2 amide bonds. The Morgan fingerprint density at radius 3 is 2.37 bits per heavy atom. The number of piperazine rings is 1. The summed E-state index contributed by atoms with van der Waals surface area (Å²) in [5.74, 6) is -2.14. The van der Waals surface area contributed by atoms with E-state index in [0.717, 1.165) is 31.5 Å². The van der Waals surface area contributed by atoms with E-state index in [1.165, 1.54) is 11.6 Å². The van der Waals surface area contributed by atoms with Crippen molar-refractivity contribution < 1.29 is 18.4 Å². The maximum Gasteiger partial charge on any atom is 0.254 e. The molecule has 4 rings (SSSR count). The van der Waals surface area contributed by atoms with E-state index in [9.17, 15) is 18.4 Å². The van der Waals surface area contributed by atoms with Crippen LogP contribution in [0.15, 0.2) is 48.5 Å². The van der Waals surface area contributed by atoms with Gasteiger partial charge in [-0.1, -0.05) is 30.3 Å². The molecule has 1 unspecified atom stereocenters. The lowest BCUT2D eigenvalue weighted by Crippen LogP contribution is -2.53. The Bertz CT molecular complexity index is 914. The highest BCUT2D eigenvalue weighted by Gasteiger charge is 2.37. The number of benzene rings is 2. The summed E-state index contributed by atoms with van der Waals surface area (Å²) in [5.41, 5.74) is 1.37. The van der Waals surface area contributed by atoms with Gasteiger partial charge in [0.1, 0.15) is 0 Å². The van der Waals surface area contributed by atoms with Crippen LogP contribution in [0.1, 0.15) is 22.3 Å². The molecular weight excluding hydrogens is 388 g/mol. The number of carbonyl (C=O) groups excluding carboxylic acids is 2. The largest absolute Gasteiger partial charge is 0.341 e. The van der Waals surface area contributed by atoms with E-state index in [2.05, 4.69) is 17.0 Å². The molecule has 2 aliphatic rings. The number of hydrogen-bond acceptors (Lipinski definition) is 3. The van der Waals surface area contributed by atoms with Gasteiger partial charge in [0.25, 0.3) is 5.91 Å². The van der Waals surface area contributed by atoms with Crippen LogP contribution in [0, 0.1) is 11.6 Å². The van der Waals surface area contributed by atoms with Crippen molar-refractivity contribution in [3.63, 3.8) is 0 Å². The predicted molar refractivity (Wildman–Crippen MR) is 109 cm³/mol. The average molecular weight is 413 g/mol. The summed E-state index contributed by atoms with van der Waals surface area (Å²) < 4.78 is 26.5. The van der Waals surface area contributed by atoms with Crippen LogP contribution in [0.4, 0.5) is 8.78 Å². The standard InChI is InChI=1S/C23H25F2N3O2/c24-19-7-6-18(16-20(19)25)22(29)28-14-12-26(13-15-28)21-9-11-27(23(21)30)10-8-17-4-2-1-3-5-17/h1-7,16,21H,8-15H2. The maximum atomic E-state index is 13.4. The van der Waals surface area contributed by atoms with Gasteiger partial charge in [0, 0.05) is 44.8 Å². The minimum atomic E-state index is -1.02. The molecule has 0 saturated carbocycles. The van der Waals surface area contributed by atoms with Crippen LogP contribution in [-0.4, -0.2) is 71.8 Å². The van der Waals surface area contributed by atoms with Gasteiger partial charge in [-0.25, -0.2) is 8.78 Å². The fraction of sp³-hybridized carbons (Fsp3) is 0.391. The molecule has 2 aliphatic heterocycles. The number of likely N-dealkylation sites (tertiary alicyclic amines) is 1. The van der Waals surface area contributed by atoms with Crippen LogP contribution in [0.2, 0.25) is 0 Å². The van der Waals surface area contributed by atoms with Crippen molar-refractivity contribution in [1.29, 1.82) is 0 Å². The molecule has 2 aromatic carbocycles. The summed E-state index contributed by atoms with van der Waals surface area (Å²) in [4.78, 5) is 31.1. The van der Waals surface area contributed by atoms with E-state index in [1.807, 2.05) is 23.1 Å². The first-order valence-corrected chi connectivity index (χ1v) is 10.3. The molecule has 0 aliphatic carbocycles. The molecule has 0 N–H and O–H groups in total. The number of rotatable bonds is 5. The van der Waals surface area contributed by atoms with Gasteiger partial charge in [-0.3, -0.25) is 14.5 Å². The molecule has 7 heteroatoms. The second kappa shape index (κ2) is 8.92. The summed E-state index contributed by atoms with van der Waals surface area (Å²) >= 11 is 0. The lowest BCUT2D eigenvalue weighted by atomic mass is 10.1. The molecule has 0 bridgehead atoms.